The summed E-state index contributed by atoms with van der Waals surface area (Å²) in [6, 6.07) is 7.28. The van der Waals surface area contributed by atoms with Crippen molar-refractivity contribution in [2.75, 3.05) is 0 Å². The van der Waals surface area contributed by atoms with E-state index in [1.54, 1.807) is 31.2 Å². The molecule has 3 aromatic rings. The molecular weight excluding hydrogens is 424 g/mol. The van der Waals surface area contributed by atoms with Gasteiger partial charge in [0.1, 0.15) is 11.6 Å². The van der Waals surface area contributed by atoms with Gasteiger partial charge >= 0.3 is 0 Å². The van der Waals surface area contributed by atoms with Crippen LogP contribution in [0.1, 0.15) is 22.5 Å². The molecule has 28 heavy (non-hydrogen) atoms. The van der Waals surface area contributed by atoms with Crippen molar-refractivity contribution in [1.82, 2.24) is 15.0 Å². The molecule has 3 rings (SSSR count). The van der Waals surface area contributed by atoms with Gasteiger partial charge in [0, 0.05) is 23.7 Å². The summed E-state index contributed by atoms with van der Waals surface area (Å²) in [6.07, 6.45) is 6.37. The monoisotopic (exact) mass is 437 g/mol. The number of halogens is 3. The Morgan fingerprint density at radius 3 is 2.46 bits per heavy atom. The molecule has 0 saturated heterocycles. The lowest BCUT2D eigenvalue weighted by Crippen LogP contribution is -2.10. The van der Waals surface area contributed by atoms with Crippen LogP contribution < -0.4 is 0 Å². The van der Waals surface area contributed by atoms with Crippen molar-refractivity contribution in [3.8, 4) is 0 Å². The Balaban J connectivity index is 1.88. The average molecular weight is 438 g/mol. The van der Waals surface area contributed by atoms with Crippen LogP contribution in [-0.2, 0) is 15.6 Å². The summed E-state index contributed by atoms with van der Waals surface area (Å²) < 4.78 is 39.7. The quantitative estimate of drug-likeness (QED) is 0.537. The first-order chi connectivity index (χ1) is 13.3. The molecule has 0 fully saturated rings. The van der Waals surface area contributed by atoms with Crippen LogP contribution >= 0.6 is 23.2 Å². The number of benzene rings is 1. The number of rotatable bonds is 5. The topological polar surface area (TPSA) is 72.8 Å². The van der Waals surface area contributed by atoms with E-state index < -0.39 is 21.4 Å². The molecule has 0 unspecified atom stereocenters. The average Bonchev–Trinajstić information content (AvgIpc) is 2.64. The number of aromatic nitrogens is 3. The molecule has 144 valence electrons. The van der Waals surface area contributed by atoms with Crippen LogP contribution in [0, 0.1) is 12.7 Å². The van der Waals surface area contributed by atoms with Gasteiger partial charge in [-0.05, 0) is 42.3 Å². The molecule has 9 heteroatoms. The summed E-state index contributed by atoms with van der Waals surface area (Å²) in [6.45, 7) is 1.67. The SMILES string of the molecule is Cc1nc(CS(=O)(=O)c2ccccc2Cl)c(F)cc1/C=C/c1cnc(Cl)nc1. The Bertz CT molecular complexity index is 1150. The van der Waals surface area contributed by atoms with E-state index >= 15 is 0 Å². The minimum Gasteiger partial charge on any atom is -0.253 e. The van der Waals surface area contributed by atoms with E-state index in [-0.39, 0.29) is 20.9 Å². The molecule has 0 spiro atoms. The molecule has 0 aliphatic rings. The standard InChI is InChI=1S/C19H14Cl2FN3O2S/c1-12-14(7-6-13-9-23-19(21)24-10-13)8-16(22)17(25-12)11-28(26,27)18-5-3-2-4-15(18)20/h2-10H,11H2,1H3/b7-6+. The highest BCUT2D eigenvalue weighted by Crippen LogP contribution is 2.25. The first-order valence-corrected chi connectivity index (χ1v) is 10.5. The second kappa shape index (κ2) is 8.34. The molecule has 0 bridgehead atoms. The van der Waals surface area contributed by atoms with E-state index in [0.29, 0.717) is 16.8 Å². The first-order valence-electron chi connectivity index (χ1n) is 8.05. The number of pyridine rings is 1. The van der Waals surface area contributed by atoms with E-state index in [1.807, 2.05) is 0 Å². The van der Waals surface area contributed by atoms with Crippen LogP contribution in [-0.4, -0.2) is 23.4 Å². The van der Waals surface area contributed by atoms with Crippen molar-refractivity contribution in [3.05, 3.63) is 81.4 Å². The third kappa shape index (κ3) is 4.73. The summed E-state index contributed by atoms with van der Waals surface area (Å²) >= 11 is 11.6. The maximum absolute atomic E-state index is 14.5. The zero-order valence-corrected chi connectivity index (χ0v) is 16.9. The predicted octanol–water partition coefficient (Wildman–Crippen LogP) is 4.77. The lowest BCUT2D eigenvalue weighted by atomic mass is 10.1. The molecule has 0 saturated carbocycles. The van der Waals surface area contributed by atoms with Crippen molar-refractivity contribution in [2.24, 2.45) is 0 Å². The number of sulfone groups is 1. The molecule has 2 aromatic heterocycles. The fourth-order valence-corrected chi connectivity index (χ4v) is 4.42. The van der Waals surface area contributed by atoms with Crippen molar-refractivity contribution < 1.29 is 12.8 Å². The smallest absolute Gasteiger partial charge is 0.222 e. The Morgan fingerprint density at radius 2 is 1.79 bits per heavy atom. The summed E-state index contributed by atoms with van der Waals surface area (Å²) in [4.78, 5) is 11.8. The number of hydrogen-bond donors (Lipinski definition) is 0. The van der Waals surface area contributed by atoms with Gasteiger partial charge < -0.3 is 0 Å². The van der Waals surface area contributed by atoms with Gasteiger partial charge in [0.05, 0.1) is 15.6 Å². The molecular formula is C19H14Cl2FN3O2S. The molecule has 0 aliphatic heterocycles. The molecule has 0 atom stereocenters. The summed E-state index contributed by atoms with van der Waals surface area (Å²) in [5.74, 6) is -1.30. The van der Waals surface area contributed by atoms with Gasteiger partial charge in [-0.1, -0.05) is 35.9 Å². The zero-order chi connectivity index (χ0) is 20.3. The Kier molecular flexibility index (Phi) is 6.07. The molecule has 1 aromatic carbocycles. The van der Waals surface area contributed by atoms with Crippen LogP contribution in [0.5, 0.6) is 0 Å². The van der Waals surface area contributed by atoms with Crippen molar-refractivity contribution in [3.63, 3.8) is 0 Å². The maximum atomic E-state index is 14.5. The lowest BCUT2D eigenvalue weighted by Gasteiger charge is -2.09. The minimum absolute atomic E-state index is 0.0535. The highest BCUT2D eigenvalue weighted by atomic mass is 35.5. The van der Waals surface area contributed by atoms with Crippen LogP contribution in [0.15, 0.2) is 47.6 Å². The molecule has 0 radical (unpaired) electrons. The van der Waals surface area contributed by atoms with Crippen molar-refractivity contribution in [1.29, 1.82) is 0 Å². The number of hydrogen-bond acceptors (Lipinski definition) is 5. The van der Waals surface area contributed by atoms with Gasteiger partial charge in [-0.2, -0.15) is 0 Å². The fourth-order valence-electron chi connectivity index (χ4n) is 2.46. The van der Waals surface area contributed by atoms with E-state index in [1.165, 1.54) is 30.6 Å². The normalized spacial score (nSPS) is 11.9. The summed E-state index contributed by atoms with van der Waals surface area (Å²) in [5, 5.41) is 0.217. The van der Waals surface area contributed by atoms with Gasteiger partial charge in [0.15, 0.2) is 9.84 Å². The third-order valence-corrected chi connectivity index (χ3v) is 6.19. The van der Waals surface area contributed by atoms with Gasteiger partial charge in [0.2, 0.25) is 5.28 Å². The first kappa shape index (κ1) is 20.4. The van der Waals surface area contributed by atoms with Gasteiger partial charge in [-0.3, -0.25) is 4.98 Å². The van der Waals surface area contributed by atoms with Crippen molar-refractivity contribution >= 4 is 45.2 Å². The van der Waals surface area contributed by atoms with Crippen LogP contribution in [0.2, 0.25) is 10.3 Å². The molecule has 5 nitrogen and oxygen atoms in total. The summed E-state index contributed by atoms with van der Waals surface area (Å²) in [7, 11) is -3.84. The Morgan fingerprint density at radius 1 is 1.11 bits per heavy atom. The third-order valence-electron chi connectivity index (χ3n) is 3.87. The minimum atomic E-state index is -3.84. The second-order valence-electron chi connectivity index (χ2n) is 5.90. The van der Waals surface area contributed by atoms with E-state index in [9.17, 15) is 12.8 Å². The van der Waals surface area contributed by atoms with E-state index in [4.69, 9.17) is 23.2 Å². The summed E-state index contributed by atoms with van der Waals surface area (Å²) in [5.41, 5.74) is 1.50. The molecule has 0 N–H and O–H groups in total. The second-order valence-corrected chi connectivity index (χ2v) is 8.60. The highest BCUT2D eigenvalue weighted by Gasteiger charge is 2.22. The van der Waals surface area contributed by atoms with Crippen LogP contribution in [0.25, 0.3) is 12.2 Å². The van der Waals surface area contributed by atoms with Crippen LogP contribution in [0.3, 0.4) is 0 Å². The predicted molar refractivity (Wildman–Crippen MR) is 107 cm³/mol. The molecule has 2 heterocycles. The maximum Gasteiger partial charge on any atom is 0.222 e. The Labute approximate surface area is 171 Å². The van der Waals surface area contributed by atoms with Crippen molar-refractivity contribution in [2.45, 2.75) is 17.6 Å². The number of nitrogens with zero attached hydrogens (tertiary/aromatic N) is 3. The van der Waals surface area contributed by atoms with Gasteiger partial charge in [0.25, 0.3) is 0 Å². The fraction of sp³-hybridized carbons (Fsp3) is 0.105. The Hall–Kier alpha value is -2.35. The molecule has 0 aliphatic carbocycles. The lowest BCUT2D eigenvalue weighted by molar-refractivity contribution is 0.581. The van der Waals surface area contributed by atoms with E-state index in [0.717, 1.165) is 0 Å². The van der Waals surface area contributed by atoms with Gasteiger partial charge in [-0.25, -0.2) is 22.8 Å². The largest absolute Gasteiger partial charge is 0.253 e. The molecule has 0 amide bonds. The van der Waals surface area contributed by atoms with E-state index in [2.05, 4.69) is 15.0 Å². The number of aryl methyl sites for hydroxylation is 1. The zero-order valence-electron chi connectivity index (χ0n) is 14.6. The van der Waals surface area contributed by atoms with Gasteiger partial charge in [-0.15, -0.1) is 0 Å². The highest BCUT2D eigenvalue weighted by molar-refractivity contribution is 7.90. The van der Waals surface area contributed by atoms with Crippen LogP contribution in [0.4, 0.5) is 4.39 Å².